The van der Waals surface area contributed by atoms with E-state index >= 15 is 0 Å². The Morgan fingerprint density at radius 1 is 1.21 bits per heavy atom. The zero-order valence-electron chi connectivity index (χ0n) is 13.9. The molecule has 3 aromatic rings. The number of epoxide rings is 1. The predicted octanol–water partition coefficient (Wildman–Crippen LogP) is 4.93. The lowest BCUT2D eigenvalue weighted by molar-refractivity contribution is -0.138. The first-order chi connectivity index (χ1) is 13.1. The van der Waals surface area contributed by atoms with Gasteiger partial charge in [0.15, 0.2) is 6.10 Å². The first-order valence-electron chi connectivity index (χ1n) is 8.05. The molecule has 2 aromatic carbocycles. The highest BCUT2D eigenvalue weighted by atomic mass is 35.5. The van der Waals surface area contributed by atoms with Crippen LogP contribution in [0.4, 0.5) is 13.2 Å². The van der Waals surface area contributed by atoms with Gasteiger partial charge in [0.05, 0.1) is 17.6 Å². The van der Waals surface area contributed by atoms with E-state index in [2.05, 4.69) is 5.10 Å². The van der Waals surface area contributed by atoms with Crippen LogP contribution in [0, 0.1) is 0 Å². The van der Waals surface area contributed by atoms with E-state index in [1.165, 1.54) is 10.7 Å². The molecule has 1 aliphatic rings. The van der Waals surface area contributed by atoms with Crippen molar-refractivity contribution in [3.63, 3.8) is 0 Å². The van der Waals surface area contributed by atoms with Crippen LogP contribution >= 0.6 is 23.2 Å². The minimum absolute atomic E-state index is 0.151. The molecule has 1 N–H and O–H groups in total. The molecule has 146 valence electrons. The molecule has 2 heterocycles. The van der Waals surface area contributed by atoms with E-state index in [1.807, 2.05) is 0 Å². The van der Waals surface area contributed by atoms with Gasteiger partial charge in [-0.1, -0.05) is 29.3 Å². The van der Waals surface area contributed by atoms with Crippen molar-refractivity contribution >= 4 is 40.1 Å². The predicted molar refractivity (Wildman–Crippen MR) is 95.5 cm³/mol. The molecule has 1 aromatic heterocycles. The van der Waals surface area contributed by atoms with Crippen molar-refractivity contribution < 1.29 is 27.8 Å². The van der Waals surface area contributed by atoms with Crippen LogP contribution < -0.4 is 0 Å². The van der Waals surface area contributed by atoms with Gasteiger partial charge in [-0.05, 0) is 35.9 Å². The standard InChI is InChI=1S/C18H11Cl2F3N2O3/c19-10-3-1-8(12(20)6-10)7-25-13-4-2-9(18(21,22)23)5-11(13)14(24-25)15-16(28-15)17(26)27/h1-6,15-16H,7H2,(H,26,27). The number of hydrogen-bond acceptors (Lipinski definition) is 3. The molecule has 2 unspecified atom stereocenters. The van der Waals surface area contributed by atoms with Gasteiger partial charge in [0.1, 0.15) is 11.8 Å². The third-order valence-electron chi connectivity index (χ3n) is 4.45. The molecule has 0 amide bonds. The molecule has 5 nitrogen and oxygen atoms in total. The van der Waals surface area contributed by atoms with E-state index in [-0.39, 0.29) is 17.6 Å². The molecular weight excluding hydrogens is 420 g/mol. The SMILES string of the molecule is O=C(O)C1OC1c1nn(Cc2ccc(Cl)cc2Cl)c2ccc(C(F)(F)F)cc12. The van der Waals surface area contributed by atoms with Crippen LogP contribution in [0.5, 0.6) is 0 Å². The molecule has 1 fully saturated rings. The van der Waals surface area contributed by atoms with Gasteiger partial charge in [-0.2, -0.15) is 18.3 Å². The van der Waals surface area contributed by atoms with Gasteiger partial charge >= 0.3 is 12.1 Å². The Kier molecular flexibility index (Phi) is 4.52. The Bertz CT molecular complexity index is 1100. The fourth-order valence-corrected chi connectivity index (χ4v) is 3.50. The third-order valence-corrected chi connectivity index (χ3v) is 5.03. The number of alkyl halides is 3. The highest BCUT2D eigenvalue weighted by Gasteiger charge is 2.49. The molecule has 1 aliphatic heterocycles. The van der Waals surface area contributed by atoms with Crippen molar-refractivity contribution in [2.45, 2.75) is 24.9 Å². The van der Waals surface area contributed by atoms with Crippen LogP contribution in [0.15, 0.2) is 36.4 Å². The summed E-state index contributed by atoms with van der Waals surface area (Å²) < 4.78 is 46.0. The first kappa shape index (κ1) is 19.0. The summed E-state index contributed by atoms with van der Waals surface area (Å²) in [6, 6.07) is 8.10. The zero-order chi connectivity index (χ0) is 20.2. The molecule has 28 heavy (non-hydrogen) atoms. The third kappa shape index (κ3) is 3.43. The van der Waals surface area contributed by atoms with Crippen molar-refractivity contribution in [1.82, 2.24) is 9.78 Å². The van der Waals surface area contributed by atoms with Gasteiger partial charge in [-0.25, -0.2) is 4.79 Å². The summed E-state index contributed by atoms with van der Waals surface area (Å²) in [7, 11) is 0. The summed E-state index contributed by atoms with van der Waals surface area (Å²) in [5.41, 5.74) is 0.374. The molecule has 0 aliphatic carbocycles. The molecule has 0 radical (unpaired) electrons. The number of aromatic nitrogens is 2. The van der Waals surface area contributed by atoms with Crippen LogP contribution in [0.2, 0.25) is 10.0 Å². The maximum Gasteiger partial charge on any atom is 0.416 e. The van der Waals surface area contributed by atoms with Crippen LogP contribution in [-0.2, 0) is 22.3 Å². The van der Waals surface area contributed by atoms with Gasteiger partial charge < -0.3 is 9.84 Å². The lowest BCUT2D eigenvalue weighted by Gasteiger charge is -2.08. The molecule has 0 saturated carbocycles. The lowest BCUT2D eigenvalue weighted by atomic mass is 10.1. The fraction of sp³-hybridized carbons (Fsp3) is 0.222. The smallest absolute Gasteiger partial charge is 0.416 e. The number of rotatable bonds is 4. The Balaban J connectivity index is 1.81. The van der Waals surface area contributed by atoms with E-state index in [0.29, 0.717) is 21.1 Å². The first-order valence-corrected chi connectivity index (χ1v) is 8.80. The number of halogens is 5. The summed E-state index contributed by atoms with van der Waals surface area (Å²) in [5.74, 6) is -1.19. The van der Waals surface area contributed by atoms with Gasteiger partial charge in [0.2, 0.25) is 0 Å². The molecule has 4 rings (SSSR count). The van der Waals surface area contributed by atoms with E-state index in [0.717, 1.165) is 12.1 Å². The fourth-order valence-electron chi connectivity index (χ4n) is 3.03. The lowest BCUT2D eigenvalue weighted by Crippen LogP contribution is -2.06. The van der Waals surface area contributed by atoms with Crippen molar-refractivity contribution in [3.8, 4) is 0 Å². The van der Waals surface area contributed by atoms with Crippen LogP contribution in [0.25, 0.3) is 10.9 Å². The van der Waals surface area contributed by atoms with Gasteiger partial charge in [0.25, 0.3) is 0 Å². The van der Waals surface area contributed by atoms with Crippen molar-refractivity contribution in [2.24, 2.45) is 0 Å². The highest BCUT2D eigenvalue weighted by Crippen LogP contribution is 2.43. The number of fused-ring (bicyclic) bond motifs is 1. The molecule has 1 saturated heterocycles. The van der Waals surface area contributed by atoms with E-state index in [4.69, 9.17) is 33.0 Å². The average Bonchev–Trinajstić information content (AvgIpc) is 3.33. The highest BCUT2D eigenvalue weighted by molar-refractivity contribution is 6.35. The van der Waals surface area contributed by atoms with E-state index < -0.39 is 29.9 Å². The topological polar surface area (TPSA) is 67.7 Å². The van der Waals surface area contributed by atoms with E-state index in [1.54, 1.807) is 18.2 Å². The summed E-state index contributed by atoms with van der Waals surface area (Å²) in [5, 5.41) is 14.4. The Hall–Kier alpha value is -2.29. The van der Waals surface area contributed by atoms with Gasteiger partial charge in [-0.15, -0.1) is 0 Å². The van der Waals surface area contributed by atoms with Gasteiger partial charge in [-0.3, -0.25) is 4.68 Å². The monoisotopic (exact) mass is 430 g/mol. The average molecular weight is 431 g/mol. The van der Waals surface area contributed by atoms with Gasteiger partial charge in [0, 0.05) is 15.4 Å². The second-order valence-electron chi connectivity index (χ2n) is 6.32. The number of carbonyl (C=O) groups is 1. The molecule has 0 bridgehead atoms. The molecule has 10 heteroatoms. The largest absolute Gasteiger partial charge is 0.479 e. The van der Waals surface area contributed by atoms with E-state index in [9.17, 15) is 18.0 Å². The Labute approximate surface area is 166 Å². The second-order valence-corrected chi connectivity index (χ2v) is 7.17. The molecule has 2 atom stereocenters. The number of aliphatic carboxylic acids is 1. The molecular formula is C18H11Cl2F3N2O3. The van der Waals surface area contributed by atoms with Crippen molar-refractivity contribution in [3.05, 3.63) is 63.3 Å². The summed E-state index contributed by atoms with van der Waals surface area (Å²) in [6.45, 7) is 0.169. The number of carboxylic acid groups (broad SMARTS) is 1. The normalized spacial score (nSPS) is 19.2. The van der Waals surface area contributed by atoms with Crippen LogP contribution in [0.1, 0.15) is 22.9 Å². The summed E-state index contributed by atoms with van der Waals surface area (Å²) in [6.07, 6.45) is -6.56. The second kappa shape index (κ2) is 6.65. The zero-order valence-corrected chi connectivity index (χ0v) is 15.4. The Morgan fingerprint density at radius 2 is 1.96 bits per heavy atom. The van der Waals surface area contributed by atoms with Crippen molar-refractivity contribution in [2.75, 3.05) is 0 Å². The number of carboxylic acids is 1. The van der Waals surface area contributed by atoms with Crippen LogP contribution in [-0.4, -0.2) is 27.0 Å². The minimum Gasteiger partial charge on any atom is -0.479 e. The summed E-state index contributed by atoms with van der Waals surface area (Å²) in [4.78, 5) is 11.1. The number of ether oxygens (including phenoxy) is 1. The maximum atomic E-state index is 13.1. The summed E-state index contributed by atoms with van der Waals surface area (Å²) >= 11 is 12.1. The molecule has 0 spiro atoms. The van der Waals surface area contributed by atoms with Crippen LogP contribution in [0.3, 0.4) is 0 Å². The maximum absolute atomic E-state index is 13.1. The number of hydrogen-bond donors (Lipinski definition) is 1. The minimum atomic E-state index is -4.54. The van der Waals surface area contributed by atoms with Crippen molar-refractivity contribution in [1.29, 1.82) is 0 Å². The number of benzene rings is 2. The quantitative estimate of drug-likeness (QED) is 0.595. The Morgan fingerprint density at radius 3 is 2.57 bits per heavy atom. The number of nitrogens with zero attached hydrogens (tertiary/aromatic N) is 2.